The molecule has 0 spiro atoms. The summed E-state index contributed by atoms with van der Waals surface area (Å²) in [6.45, 7) is 3.32. The summed E-state index contributed by atoms with van der Waals surface area (Å²) in [6, 6.07) is 0. The summed E-state index contributed by atoms with van der Waals surface area (Å²) < 4.78 is 0. The van der Waals surface area contributed by atoms with Gasteiger partial charge >= 0.3 is 5.97 Å². The number of carboxylic acid groups (broad SMARTS) is 1. The zero-order chi connectivity index (χ0) is 10.7. The van der Waals surface area contributed by atoms with Gasteiger partial charge in [0, 0.05) is 19.6 Å². The van der Waals surface area contributed by atoms with Gasteiger partial charge in [-0.2, -0.15) is 0 Å². The van der Waals surface area contributed by atoms with E-state index >= 15 is 0 Å². The molecule has 0 aromatic rings. The molecule has 1 fully saturated rings. The summed E-state index contributed by atoms with van der Waals surface area (Å²) in [5, 5.41) is 8.89. The second-order valence-electron chi connectivity index (χ2n) is 4.75. The SMILES string of the molecule is O=C(O)[C@H]1CC[C@H](CN2CC=CC2)CC1. The van der Waals surface area contributed by atoms with E-state index in [0.717, 1.165) is 51.2 Å². The minimum absolute atomic E-state index is 0.0713. The van der Waals surface area contributed by atoms with Crippen LogP contribution in [0.2, 0.25) is 0 Å². The Morgan fingerprint density at radius 1 is 1.20 bits per heavy atom. The Balaban J connectivity index is 1.71. The van der Waals surface area contributed by atoms with E-state index in [4.69, 9.17) is 5.11 Å². The Kier molecular flexibility index (Phi) is 3.41. The van der Waals surface area contributed by atoms with Gasteiger partial charge in [0.05, 0.1) is 5.92 Å². The summed E-state index contributed by atoms with van der Waals surface area (Å²) in [7, 11) is 0. The quantitative estimate of drug-likeness (QED) is 0.720. The zero-order valence-electron chi connectivity index (χ0n) is 9.06. The average molecular weight is 209 g/mol. The van der Waals surface area contributed by atoms with Gasteiger partial charge in [-0.15, -0.1) is 0 Å². The maximum absolute atomic E-state index is 10.8. The highest BCUT2D eigenvalue weighted by Gasteiger charge is 2.26. The van der Waals surface area contributed by atoms with Crippen LogP contribution < -0.4 is 0 Å². The molecule has 15 heavy (non-hydrogen) atoms. The standard InChI is InChI=1S/C12H19NO2/c14-12(15)11-5-3-10(4-6-11)9-13-7-1-2-8-13/h1-2,10-11H,3-9H2,(H,14,15)/t10-,11-. The number of hydrogen-bond acceptors (Lipinski definition) is 2. The highest BCUT2D eigenvalue weighted by molar-refractivity contribution is 5.69. The van der Waals surface area contributed by atoms with Crippen LogP contribution in [0.1, 0.15) is 25.7 Å². The summed E-state index contributed by atoms with van der Waals surface area (Å²) >= 11 is 0. The summed E-state index contributed by atoms with van der Waals surface area (Å²) in [5.74, 6) is 0.0507. The molecule has 1 N–H and O–H groups in total. The summed E-state index contributed by atoms with van der Waals surface area (Å²) in [6.07, 6.45) is 8.36. The van der Waals surface area contributed by atoms with Gasteiger partial charge in [0.1, 0.15) is 0 Å². The fraction of sp³-hybridized carbons (Fsp3) is 0.750. The van der Waals surface area contributed by atoms with Crippen molar-refractivity contribution in [2.75, 3.05) is 19.6 Å². The second-order valence-corrected chi connectivity index (χ2v) is 4.75. The van der Waals surface area contributed by atoms with Crippen molar-refractivity contribution >= 4 is 5.97 Å². The third-order valence-corrected chi connectivity index (χ3v) is 3.61. The van der Waals surface area contributed by atoms with Crippen molar-refractivity contribution < 1.29 is 9.90 Å². The molecule has 3 nitrogen and oxygen atoms in total. The molecular weight excluding hydrogens is 190 g/mol. The van der Waals surface area contributed by atoms with Crippen LogP contribution in [0.5, 0.6) is 0 Å². The minimum Gasteiger partial charge on any atom is -0.481 e. The highest BCUT2D eigenvalue weighted by atomic mass is 16.4. The van der Waals surface area contributed by atoms with Crippen LogP contribution in [0.25, 0.3) is 0 Å². The highest BCUT2D eigenvalue weighted by Crippen LogP contribution is 2.29. The summed E-state index contributed by atoms with van der Waals surface area (Å²) in [5.41, 5.74) is 0. The zero-order valence-corrected chi connectivity index (χ0v) is 9.06. The van der Waals surface area contributed by atoms with Crippen LogP contribution in [0.3, 0.4) is 0 Å². The molecule has 0 radical (unpaired) electrons. The van der Waals surface area contributed by atoms with Crippen LogP contribution in [-0.4, -0.2) is 35.6 Å². The molecular formula is C12H19NO2. The molecule has 2 aliphatic rings. The Hall–Kier alpha value is -0.830. The molecule has 0 unspecified atom stereocenters. The van der Waals surface area contributed by atoms with Crippen molar-refractivity contribution in [3.05, 3.63) is 12.2 Å². The molecule has 3 heteroatoms. The van der Waals surface area contributed by atoms with Gasteiger partial charge in [-0.05, 0) is 31.6 Å². The molecule has 1 heterocycles. The van der Waals surface area contributed by atoms with Crippen molar-refractivity contribution in [1.82, 2.24) is 4.90 Å². The molecule has 0 atom stereocenters. The molecule has 0 saturated heterocycles. The monoisotopic (exact) mass is 209 g/mol. The molecule has 2 rings (SSSR count). The fourth-order valence-electron chi connectivity index (χ4n) is 2.63. The van der Waals surface area contributed by atoms with E-state index in [1.165, 1.54) is 0 Å². The Morgan fingerprint density at radius 3 is 2.33 bits per heavy atom. The topological polar surface area (TPSA) is 40.5 Å². The number of carboxylic acids is 1. The average Bonchev–Trinajstić information content (AvgIpc) is 2.71. The lowest BCUT2D eigenvalue weighted by Gasteiger charge is -2.29. The lowest BCUT2D eigenvalue weighted by atomic mass is 9.82. The lowest BCUT2D eigenvalue weighted by molar-refractivity contribution is -0.143. The van der Waals surface area contributed by atoms with Gasteiger partial charge in [0.15, 0.2) is 0 Å². The lowest BCUT2D eigenvalue weighted by Crippen LogP contribution is -2.31. The van der Waals surface area contributed by atoms with E-state index in [0.29, 0.717) is 0 Å². The van der Waals surface area contributed by atoms with Crippen LogP contribution in [0.4, 0.5) is 0 Å². The van der Waals surface area contributed by atoms with E-state index in [-0.39, 0.29) is 5.92 Å². The van der Waals surface area contributed by atoms with Crippen molar-refractivity contribution in [3.8, 4) is 0 Å². The van der Waals surface area contributed by atoms with E-state index in [9.17, 15) is 4.79 Å². The molecule has 0 bridgehead atoms. The molecule has 0 amide bonds. The fourth-order valence-corrected chi connectivity index (χ4v) is 2.63. The first-order valence-electron chi connectivity index (χ1n) is 5.86. The van der Waals surface area contributed by atoms with Crippen molar-refractivity contribution in [1.29, 1.82) is 0 Å². The number of carbonyl (C=O) groups is 1. The van der Waals surface area contributed by atoms with Crippen LogP contribution >= 0.6 is 0 Å². The van der Waals surface area contributed by atoms with Crippen molar-refractivity contribution in [2.45, 2.75) is 25.7 Å². The normalized spacial score (nSPS) is 32.0. The molecule has 1 aliphatic carbocycles. The van der Waals surface area contributed by atoms with Crippen LogP contribution in [0.15, 0.2) is 12.2 Å². The molecule has 84 valence electrons. The first kappa shape index (κ1) is 10.7. The Bertz CT molecular complexity index is 246. The first-order valence-corrected chi connectivity index (χ1v) is 5.86. The van der Waals surface area contributed by atoms with Gasteiger partial charge in [0.25, 0.3) is 0 Å². The molecule has 1 saturated carbocycles. The number of rotatable bonds is 3. The predicted octanol–water partition coefficient (Wildman–Crippen LogP) is 1.75. The third kappa shape index (κ3) is 2.81. The first-order chi connectivity index (χ1) is 7.25. The molecule has 1 aliphatic heterocycles. The molecule has 0 aromatic carbocycles. The smallest absolute Gasteiger partial charge is 0.306 e. The largest absolute Gasteiger partial charge is 0.481 e. The predicted molar refractivity (Wildman–Crippen MR) is 58.7 cm³/mol. The number of aliphatic carboxylic acids is 1. The van der Waals surface area contributed by atoms with Crippen LogP contribution in [0, 0.1) is 11.8 Å². The van der Waals surface area contributed by atoms with E-state index < -0.39 is 5.97 Å². The van der Waals surface area contributed by atoms with Gasteiger partial charge in [0.2, 0.25) is 0 Å². The minimum atomic E-state index is -0.601. The molecule has 0 aromatic heterocycles. The van der Waals surface area contributed by atoms with E-state index in [1.54, 1.807) is 0 Å². The summed E-state index contributed by atoms with van der Waals surface area (Å²) in [4.78, 5) is 13.2. The maximum atomic E-state index is 10.8. The second kappa shape index (κ2) is 4.79. The van der Waals surface area contributed by atoms with Gasteiger partial charge in [-0.1, -0.05) is 12.2 Å². The Labute approximate surface area is 90.8 Å². The van der Waals surface area contributed by atoms with Gasteiger partial charge in [-0.25, -0.2) is 0 Å². The Morgan fingerprint density at radius 2 is 1.80 bits per heavy atom. The van der Waals surface area contributed by atoms with Gasteiger partial charge < -0.3 is 5.11 Å². The van der Waals surface area contributed by atoms with Crippen molar-refractivity contribution in [2.24, 2.45) is 11.8 Å². The number of nitrogens with zero attached hydrogens (tertiary/aromatic N) is 1. The maximum Gasteiger partial charge on any atom is 0.306 e. The van der Waals surface area contributed by atoms with E-state index in [2.05, 4.69) is 17.1 Å². The van der Waals surface area contributed by atoms with E-state index in [1.807, 2.05) is 0 Å². The number of hydrogen-bond donors (Lipinski definition) is 1. The van der Waals surface area contributed by atoms with Crippen LogP contribution in [-0.2, 0) is 4.79 Å². The van der Waals surface area contributed by atoms with Crippen molar-refractivity contribution in [3.63, 3.8) is 0 Å². The van der Waals surface area contributed by atoms with Gasteiger partial charge in [-0.3, -0.25) is 9.69 Å². The third-order valence-electron chi connectivity index (χ3n) is 3.61.